The first kappa shape index (κ1) is 15.0. The molecule has 1 aromatic carbocycles. The highest BCUT2D eigenvalue weighted by atomic mass is 19.3. The molecule has 1 heterocycles. The minimum absolute atomic E-state index is 0.205. The van der Waals surface area contributed by atoms with Gasteiger partial charge in [-0.05, 0) is 37.6 Å². The number of nitrogens with one attached hydrogen (secondary N) is 1. The van der Waals surface area contributed by atoms with Gasteiger partial charge in [-0.25, -0.2) is 0 Å². The molecule has 0 spiro atoms. The van der Waals surface area contributed by atoms with Gasteiger partial charge in [-0.3, -0.25) is 0 Å². The minimum Gasteiger partial charge on any atom is -0.435 e. The highest BCUT2D eigenvalue weighted by Gasteiger charge is 2.24. The Labute approximate surface area is 118 Å². The van der Waals surface area contributed by atoms with E-state index in [1.54, 1.807) is 12.1 Å². The fourth-order valence-corrected chi connectivity index (χ4v) is 2.65. The highest BCUT2D eigenvalue weighted by molar-refractivity contribution is 5.50. The summed E-state index contributed by atoms with van der Waals surface area (Å²) in [4.78, 5) is 2.32. The van der Waals surface area contributed by atoms with Crippen molar-refractivity contribution in [2.24, 2.45) is 0 Å². The Morgan fingerprint density at radius 3 is 2.65 bits per heavy atom. The number of rotatable bonds is 5. The van der Waals surface area contributed by atoms with Gasteiger partial charge >= 0.3 is 6.61 Å². The zero-order chi connectivity index (χ0) is 14.5. The van der Waals surface area contributed by atoms with Crippen LogP contribution in [0.15, 0.2) is 24.3 Å². The van der Waals surface area contributed by atoms with E-state index in [-0.39, 0.29) is 5.75 Å². The normalized spacial score (nSPS) is 23.1. The number of alkyl halides is 2. The molecular weight excluding hydrogens is 262 g/mol. The van der Waals surface area contributed by atoms with Crippen LogP contribution in [0.4, 0.5) is 14.5 Å². The van der Waals surface area contributed by atoms with E-state index in [1.807, 2.05) is 12.1 Å². The summed E-state index contributed by atoms with van der Waals surface area (Å²) in [5.74, 6) is 0.205. The largest absolute Gasteiger partial charge is 0.435 e. The van der Waals surface area contributed by atoms with Crippen molar-refractivity contribution in [2.45, 2.75) is 45.4 Å². The van der Waals surface area contributed by atoms with Crippen LogP contribution >= 0.6 is 0 Å². The number of ether oxygens (including phenoxy) is 1. The van der Waals surface area contributed by atoms with E-state index >= 15 is 0 Å². The number of anilines is 1. The Bertz CT molecular complexity index is 411. The van der Waals surface area contributed by atoms with Crippen LogP contribution in [-0.4, -0.2) is 31.8 Å². The molecule has 0 aliphatic carbocycles. The number of hydrogen-bond acceptors (Lipinski definition) is 3. The van der Waals surface area contributed by atoms with Crippen molar-refractivity contribution in [1.29, 1.82) is 0 Å². The van der Waals surface area contributed by atoms with Gasteiger partial charge in [-0.1, -0.05) is 13.3 Å². The maximum absolute atomic E-state index is 12.1. The van der Waals surface area contributed by atoms with Gasteiger partial charge < -0.3 is 15.0 Å². The molecule has 1 N–H and O–H groups in total. The van der Waals surface area contributed by atoms with Gasteiger partial charge in [0.25, 0.3) is 0 Å². The van der Waals surface area contributed by atoms with Gasteiger partial charge in [0.1, 0.15) is 5.75 Å². The van der Waals surface area contributed by atoms with Crippen LogP contribution in [0.2, 0.25) is 0 Å². The Hall–Kier alpha value is -1.36. The van der Waals surface area contributed by atoms with Gasteiger partial charge in [-0.15, -0.1) is 0 Å². The summed E-state index contributed by atoms with van der Waals surface area (Å²) in [6.07, 6.45) is 2.30. The maximum atomic E-state index is 12.1. The molecule has 2 rings (SSSR count). The van der Waals surface area contributed by atoms with Crippen molar-refractivity contribution in [1.82, 2.24) is 5.32 Å². The molecular formula is C15H22F2N2O. The first-order valence-corrected chi connectivity index (χ1v) is 7.15. The summed E-state index contributed by atoms with van der Waals surface area (Å²) in [6.45, 7) is 3.47. The minimum atomic E-state index is -2.77. The van der Waals surface area contributed by atoms with Crippen molar-refractivity contribution < 1.29 is 13.5 Å². The maximum Gasteiger partial charge on any atom is 0.387 e. The van der Waals surface area contributed by atoms with Gasteiger partial charge in [0.05, 0.1) is 0 Å². The molecule has 2 unspecified atom stereocenters. The molecule has 1 aromatic rings. The van der Waals surface area contributed by atoms with E-state index in [1.165, 1.54) is 0 Å². The molecule has 1 aliphatic heterocycles. The Morgan fingerprint density at radius 2 is 2.05 bits per heavy atom. The molecule has 1 saturated heterocycles. The van der Waals surface area contributed by atoms with Crippen LogP contribution in [0, 0.1) is 0 Å². The number of nitrogens with zero attached hydrogens (tertiary/aromatic N) is 1. The van der Waals surface area contributed by atoms with Crippen molar-refractivity contribution in [3.63, 3.8) is 0 Å². The molecule has 0 bridgehead atoms. The average molecular weight is 284 g/mol. The van der Waals surface area contributed by atoms with E-state index in [2.05, 4.69) is 28.8 Å². The molecule has 0 radical (unpaired) electrons. The SMILES string of the molecule is CCCC1CN(c2ccc(OC(F)F)cc2)C(C)CN1. The van der Waals surface area contributed by atoms with Gasteiger partial charge in [0.2, 0.25) is 0 Å². The lowest BCUT2D eigenvalue weighted by molar-refractivity contribution is -0.0498. The van der Waals surface area contributed by atoms with Crippen LogP contribution in [0.1, 0.15) is 26.7 Å². The summed E-state index contributed by atoms with van der Waals surface area (Å²) in [7, 11) is 0. The van der Waals surface area contributed by atoms with Crippen molar-refractivity contribution in [3.8, 4) is 5.75 Å². The second-order valence-electron chi connectivity index (χ2n) is 5.27. The standard InChI is InChI=1S/C15H22F2N2O/c1-3-4-12-10-19(11(2)9-18-12)13-5-7-14(8-6-13)20-15(16)17/h5-8,11-12,15,18H,3-4,9-10H2,1-2H3. The van der Waals surface area contributed by atoms with E-state index in [0.717, 1.165) is 31.6 Å². The third-order valence-corrected chi connectivity index (χ3v) is 3.68. The third-order valence-electron chi connectivity index (χ3n) is 3.68. The van der Waals surface area contributed by atoms with Crippen LogP contribution in [0.3, 0.4) is 0 Å². The first-order chi connectivity index (χ1) is 9.60. The summed E-state index contributed by atoms with van der Waals surface area (Å²) in [6, 6.07) is 7.79. The van der Waals surface area contributed by atoms with Crippen molar-refractivity contribution in [2.75, 3.05) is 18.0 Å². The third kappa shape index (κ3) is 3.82. The van der Waals surface area contributed by atoms with Crippen LogP contribution in [-0.2, 0) is 0 Å². The van der Waals surface area contributed by atoms with Crippen molar-refractivity contribution >= 4 is 5.69 Å². The lowest BCUT2D eigenvalue weighted by atomic mass is 10.1. The lowest BCUT2D eigenvalue weighted by Gasteiger charge is -2.40. The smallest absolute Gasteiger partial charge is 0.387 e. The van der Waals surface area contributed by atoms with Crippen LogP contribution < -0.4 is 15.0 Å². The first-order valence-electron chi connectivity index (χ1n) is 7.15. The van der Waals surface area contributed by atoms with Crippen LogP contribution in [0.5, 0.6) is 5.75 Å². The summed E-state index contributed by atoms with van der Waals surface area (Å²) < 4.78 is 28.6. The van der Waals surface area contributed by atoms with E-state index < -0.39 is 6.61 Å². The molecule has 0 aromatic heterocycles. The van der Waals surface area contributed by atoms with Gasteiger partial charge in [0.15, 0.2) is 0 Å². The predicted octanol–water partition coefficient (Wildman–Crippen LogP) is 3.25. The highest BCUT2D eigenvalue weighted by Crippen LogP contribution is 2.24. The quantitative estimate of drug-likeness (QED) is 0.898. The van der Waals surface area contributed by atoms with E-state index in [9.17, 15) is 8.78 Å². The van der Waals surface area contributed by atoms with E-state index in [0.29, 0.717) is 12.1 Å². The number of benzene rings is 1. The van der Waals surface area contributed by atoms with Crippen LogP contribution in [0.25, 0.3) is 0 Å². The fraction of sp³-hybridized carbons (Fsp3) is 0.600. The van der Waals surface area contributed by atoms with Crippen molar-refractivity contribution in [3.05, 3.63) is 24.3 Å². The second kappa shape index (κ2) is 6.88. The molecule has 1 fully saturated rings. The molecule has 0 saturated carbocycles. The summed E-state index contributed by atoms with van der Waals surface area (Å²) in [5.41, 5.74) is 1.06. The Balaban J connectivity index is 2.04. The zero-order valence-electron chi connectivity index (χ0n) is 12.0. The summed E-state index contributed by atoms with van der Waals surface area (Å²) >= 11 is 0. The van der Waals surface area contributed by atoms with Gasteiger partial charge in [0, 0.05) is 30.9 Å². The number of halogens is 2. The molecule has 1 aliphatic rings. The molecule has 5 heteroatoms. The topological polar surface area (TPSA) is 24.5 Å². The number of piperazine rings is 1. The monoisotopic (exact) mass is 284 g/mol. The lowest BCUT2D eigenvalue weighted by Crippen LogP contribution is -2.55. The molecule has 2 atom stereocenters. The summed E-state index contributed by atoms with van der Waals surface area (Å²) in [5, 5.41) is 3.54. The number of hydrogen-bond donors (Lipinski definition) is 1. The fourth-order valence-electron chi connectivity index (χ4n) is 2.65. The zero-order valence-corrected chi connectivity index (χ0v) is 12.0. The van der Waals surface area contributed by atoms with Gasteiger partial charge in [-0.2, -0.15) is 8.78 Å². The average Bonchev–Trinajstić information content (AvgIpc) is 2.42. The molecule has 112 valence electrons. The molecule has 0 amide bonds. The Kier molecular flexibility index (Phi) is 5.17. The van der Waals surface area contributed by atoms with E-state index in [4.69, 9.17) is 0 Å². The second-order valence-corrected chi connectivity index (χ2v) is 5.27. The Morgan fingerprint density at radius 1 is 1.35 bits per heavy atom. The predicted molar refractivity (Wildman–Crippen MR) is 76.6 cm³/mol. The molecule has 3 nitrogen and oxygen atoms in total. The molecule has 20 heavy (non-hydrogen) atoms.